The molecule has 0 bridgehead atoms. The van der Waals surface area contributed by atoms with Crippen molar-refractivity contribution in [3.8, 4) is 0 Å². The number of hydrogen-bond donors (Lipinski definition) is 2. The summed E-state index contributed by atoms with van der Waals surface area (Å²) < 4.78 is 12.9. The lowest BCUT2D eigenvalue weighted by Crippen LogP contribution is -2.24. The molecule has 0 unspecified atom stereocenters. The summed E-state index contributed by atoms with van der Waals surface area (Å²) in [6.45, 7) is 0. The molecule has 8 heteroatoms. The first-order chi connectivity index (χ1) is 13.1. The fourth-order valence-electron chi connectivity index (χ4n) is 2.98. The van der Waals surface area contributed by atoms with Crippen LogP contribution >= 0.6 is 23.1 Å². The van der Waals surface area contributed by atoms with Crippen molar-refractivity contribution in [1.29, 1.82) is 0 Å². The fourth-order valence-corrected chi connectivity index (χ4v) is 4.52. The Balaban J connectivity index is 1.39. The molecule has 0 spiro atoms. The van der Waals surface area contributed by atoms with Crippen LogP contribution in [0.5, 0.6) is 0 Å². The van der Waals surface area contributed by atoms with E-state index in [1.165, 1.54) is 53.8 Å². The van der Waals surface area contributed by atoms with Gasteiger partial charge in [0.15, 0.2) is 5.13 Å². The third kappa shape index (κ3) is 6.32. The van der Waals surface area contributed by atoms with Gasteiger partial charge >= 0.3 is 0 Å². The Hall–Kier alpha value is -1.93. The van der Waals surface area contributed by atoms with Crippen molar-refractivity contribution in [3.63, 3.8) is 0 Å². The van der Waals surface area contributed by atoms with Gasteiger partial charge in [0.1, 0.15) is 5.82 Å². The van der Waals surface area contributed by atoms with Crippen LogP contribution in [0.2, 0.25) is 0 Å². The molecule has 1 heterocycles. The van der Waals surface area contributed by atoms with Crippen LogP contribution in [0.25, 0.3) is 0 Å². The van der Waals surface area contributed by atoms with E-state index in [2.05, 4.69) is 15.6 Å². The molecule has 144 valence electrons. The summed E-state index contributed by atoms with van der Waals surface area (Å²) in [4.78, 5) is 28.6. The highest BCUT2D eigenvalue weighted by Gasteiger charge is 2.21. The van der Waals surface area contributed by atoms with E-state index in [0.29, 0.717) is 16.6 Å². The first-order valence-corrected chi connectivity index (χ1v) is 11.0. The van der Waals surface area contributed by atoms with Gasteiger partial charge in [0.05, 0.1) is 11.4 Å². The summed E-state index contributed by atoms with van der Waals surface area (Å²) in [6, 6.07) is 5.67. The zero-order valence-electron chi connectivity index (χ0n) is 14.9. The predicted octanol–water partition coefficient (Wildman–Crippen LogP) is 4.67. The summed E-state index contributed by atoms with van der Waals surface area (Å²) in [5.41, 5.74) is 1.42. The Kier molecular flexibility index (Phi) is 7.23. The van der Waals surface area contributed by atoms with E-state index >= 15 is 0 Å². The third-order valence-electron chi connectivity index (χ3n) is 4.37. The van der Waals surface area contributed by atoms with E-state index in [4.69, 9.17) is 0 Å². The van der Waals surface area contributed by atoms with Crippen molar-refractivity contribution in [2.24, 2.45) is 5.92 Å². The number of amides is 2. The molecule has 1 fully saturated rings. The highest BCUT2D eigenvalue weighted by Crippen LogP contribution is 2.26. The van der Waals surface area contributed by atoms with Crippen LogP contribution in [0.1, 0.15) is 37.8 Å². The highest BCUT2D eigenvalue weighted by molar-refractivity contribution is 7.99. The van der Waals surface area contributed by atoms with E-state index < -0.39 is 0 Å². The molecule has 0 aliphatic heterocycles. The molecule has 0 saturated heterocycles. The van der Waals surface area contributed by atoms with Crippen LogP contribution in [0, 0.1) is 11.7 Å². The topological polar surface area (TPSA) is 71.1 Å². The Labute approximate surface area is 166 Å². The fraction of sp³-hybridized carbons (Fsp3) is 0.421. The van der Waals surface area contributed by atoms with Gasteiger partial charge in [-0.3, -0.25) is 9.59 Å². The summed E-state index contributed by atoms with van der Waals surface area (Å²) in [5.74, 6) is 0.563. The molecule has 1 aromatic heterocycles. The van der Waals surface area contributed by atoms with Gasteiger partial charge in [-0.05, 0) is 37.1 Å². The molecular weight excluding hydrogens is 385 g/mol. The van der Waals surface area contributed by atoms with Crippen molar-refractivity contribution in [3.05, 3.63) is 41.2 Å². The van der Waals surface area contributed by atoms with Gasteiger partial charge in [0.2, 0.25) is 11.8 Å². The first-order valence-electron chi connectivity index (χ1n) is 8.98. The Morgan fingerprint density at radius 1 is 1.15 bits per heavy atom. The zero-order valence-corrected chi connectivity index (χ0v) is 16.5. The van der Waals surface area contributed by atoms with Crippen molar-refractivity contribution >= 4 is 45.7 Å². The Morgan fingerprint density at radius 3 is 2.63 bits per heavy atom. The van der Waals surface area contributed by atoms with E-state index in [1.54, 1.807) is 0 Å². The molecule has 0 radical (unpaired) electrons. The average Bonchev–Trinajstić information content (AvgIpc) is 3.11. The Bertz CT molecular complexity index is 774. The number of aromatic nitrogens is 1. The van der Waals surface area contributed by atoms with Crippen LogP contribution < -0.4 is 10.6 Å². The molecular formula is C19H22FN3O2S2. The van der Waals surface area contributed by atoms with Gasteiger partial charge in [0, 0.05) is 22.7 Å². The molecule has 1 aromatic carbocycles. The minimum Gasteiger partial charge on any atom is -0.325 e. The maximum absolute atomic E-state index is 12.9. The number of thioether (sulfide) groups is 1. The van der Waals surface area contributed by atoms with Crippen LogP contribution in [-0.2, 0) is 15.3 Å². The minimum absolute atomic E-state index is 0.0712. The standard InChI is InChI=1S/C19H22FN3O2S2/c20-14-6-8-15(9-7-14)21-17(24)12-26-10-16-11-27-19(22-16)23-18(25)13-4-2-1-3-5-13/h6-9,11,13H,1-5,10,12H2,(H,21,24)(H,22,23,25). The summed E-state index contributed by atoms with van der Waals surface area (Å²) in [5, 5.41) is 8.17. The molecule has 1 aliphatic rings. The van der Waals surface area contributed by atoms with Gasteiger partial charge in [-0.25, -0.2) is 9.37 Å². The van der Waals surface area contributed by atoms with Crippen molar-refractivity contribution < 1.29 is 14.0 Å². The quantitative estimate of drug-likeness (QED) is 0.699. The van der Waals surface area contributed by atoms with Crippen molar-refractivity contribution in [2.75, 3.05) is 16.4 Å². The number of nitrogens with zero attached hydrogens (tertiary/aromatic N) is 1. The molecule has 27 heavy (non-hydrogen) atoms. The molecule has 2 N–H and O–H groups in total. The maximum Gasteiger partial charge on any atom is 0.234 e. The Morgan fingerprint density at radius 2 is 1.89 bits per heavy atom. The van der Waals surface area contributed by atoms with Crippen LogP contribution in [0.3, 0.4) is 0 Å². The normalized spacial score (nSPS) is 14.7. The van der Waals surface area contributed by atoms with Gasteiger partial charge in [-0.1, -0.05) is 19.3 Å². The second kappa shape index (κ2) is 9.85. The molecule has 5 nitrogen and oxygen atoms in total. The molecule has 2 amide bonds. The van der Waals surface area contributed by atoms with Crippen molar-refractivity contribution in [2.45, 2.75) is 37.9 Å². The highest BCUT2D eigenvalue weighted by atomic mass is 32.2. The lowest BCUT2D eigenvalue weighted by atomic mass is 9.89. The summed E-state index contributed by atoms with van der Waals surface area (Å²) >= 11 is 2.85. The smallest absolute Gasteiger partial charge is 0.234 e. The molecule has 1 saturated carbocycles. The summed E-state index contributed by atoms with van der Waals surface area (Å²) in [7, 11) is 0. The third-order valence-corrected chi connectivity index (χ3v) is 6.14. The lowest BCUT2D eigenvalue weighted by molar-refractivity contribution is -0.120. The number of hydrogen-bond acceptors (Lipinski definition) is 5. The zero-order chi connectivity index (χ0) is 19.1. The van der Waals surface area contributed by atoms with Gasteiger partial charge in [-0.2, -0.15) is 0 Å². The number of nitrogens with one attached hydrogen (secondary N) is 2. The molecule has 0 atom stereocenters. The number of benzene rings is 1. The second-order valence-corrected chi connectivity index (χ2v) is 8.36. The van der Waals surface area contributed by atoms with Crippen LogP contribution in [-0.4, -0.2) is 22.6 Å². The number of carbonyl (C=O) groups excluding carboxylic acids is 2. The van der Waals surface area contributed by atoms with Gasteiger partial charge in [-0.15, -0.1) is 23.1 Å². The van der Waals surface area contributed by atoms with E-state index in [-0.39, 0.29) is 29.3 Å². The summed E-state index contributed by atoms with van der Waals surface area (Å²) in [6.07, 6.45) is 5.39. The number of rotatable bonds is 7. The second-order valence-electron chi connectivity index (χ2n) is 6.52. The van der Waals surface area contributed by atoms with Crippen molar-refractivity contribution in [1.82, 2.24) is 4.98 Å². The van der Waals surface area contributed by atoms with Crippen LogP contribution in [0.15, 0.2) is 29.6 Å². The minimum atomic E-state index is -0.336. The maximum atomic E-state index is 12.9. The predicted molar refractivity (Wildman–Crippen MR) is 109 cm³/mol. The van der Waals surface area contributed by atoms with Gasteiger partial charge < -0.3 is 10.6 Å². The average molecular weight is 408 g/mol. The van der Waals surface area contributed by atoms with E-state index in [1.807, 2.05) is 5.38 Å². The number of halogens is 1. The largest absolute Gasteiger partial charge is 0.325 e. The van der Waals surface area contributed by atoms with Crippen LogP contribution in [0.4, 0.5) is 15.2 Å². The number of carbonyl (C=O) groups is 2. The molecule has 1 aliphatic carbocycles. The van der Waals surface area contributed by atoms with Gasteiger partial charge in [0.25, 0.3) is 0 Å². The monoisotopic (exact) mass is 407 g/mol. The number of thiazole rings is 1. The first kappa shape index (κ1) is 19.8. The number of anilines is 2. The lowest BCUT2D eigenvalue weighted by Gasteiger charge is -2.19. The van der Waals surface area contributed by atoms with E-state index in [0.717, 1.165) is 31.4 Å². The SMILES string of the molecule is O=C(CSCc1csc(NC(=O)C2CCCCC2)n1)Nc1ccc(F)cc1. The molecule has 3 rings (SSSR count). The van der Waals surface area contributed by atoms with E-state index in [9.17, 15) is 14.0 Å². The molecule has 2 aromatic rings.